The van der Waals surface area contributed by atoms with Crippen molar-refractivity contribution in [3.8, 4) is 0 Å². The number of nitrogens with zero attached hydrogens (tertiary/aromatic N) is 1. The summed E-state index contributed by atoms with van der Waals surface area (Å²) in [6.45, 7) is -0.799. The molecule has 0 saturated carbocycles. The predicted octanol–water partition coefficient (Wildman–Crippen LogP) is -0.935. The third kappa shape index (κ3) is 3.26. The Morgan fingerprint density at radius 2 is 2.20 bits per heavy atom. The number of carbonyl (C=O) groups excluding carboxylic acids is 1. The molecule has 58 valence electrons. The van der Waals surface area contributed by atoms with Crippen LogP contribution in [0.5, 0.6) is 0 Å². The van der Waals surface area contributed by atoms with E-state index in [1.807, 2.05) is 0 Å². The van der Waals surface area contributed by atoms with Gasteiger partial charge in [-0.1, -0.05) is 5.18 Å². The molecule has 0 aliphatic carbocycles. The van der Waals surface area contributed by atoms with Crippen molar-refractivity contribution >= 4 is 5.78 Å². The van der Waals surface area contributed by atoms with Gasteiger partial charge in [-0.25, -0.2) is 0 Å². The Balaban J connectivity index is 3.50. The lowest BCUT2D eigenvalue weighted by Gasteiger charge is -2.02. The van der Waals surface area contributed by atoms with Crippen molar-refractivity contribution in [2.45, 2.75) is 12.5 Å². The normalized spacial score (nSPS) is 12.6. The molecule has 0 aromatic rings. The fraction of sp³-hybridized carbons (Fsp3) is 0.800. The van der Waals surface area contributed by atoms with Crippen molar-refractivity contribution < 1.29 is 15.0 Å². The second kappa shape index (κ2) is 5.01. The molecule has 5 nitrogen and oxygen atoms in total. The van der Waals surface area contributed by atoms with E-state index in [0.29, 0.717) is 0 Å². The van der Waals surface area contributed by atoms with Gasteiger partial charge in [0.25, 0.3) is 0 Å². The van der Waals surface area contributed by atoms with Crippen LogP contribution in [0.25, 0.3) is 0 Å². The van der Waals surface area contributed by atoms with Gasteiger partial charge < -0.3 is 10.2 Å². The van der Waals surface area contributed by atoms with Gasteiger partial charge in [-0.15, -0.1) is 0 Å². The Hall–Kier alpha value is -0.810. The average Bonchev–Trinajstić information content (AvgIpc) is 1.98. The van der Waals surface area contributed by atoms with Crippen LogP contribution in [-0.2, 0) is 4.79 Å². The first-order valence-electron chi connectivity index (χ1n) is 2.83. The third-order valence-corrected chi connectivity index (χ3v) is 1.02. The van der Waals surface area contributed by atoms with Gasteiger partial charge in [0.05, 0.1) is 6.54 Å². The van der Waals surface area contributed by atoms with Crippen LogP contribution in [0, 0.1) is 4.91 Å². The second-order valence-electron chi connectivity index (χ2n) is 1.78. The minimum Gasteiger partial charge on any atom is -0.388 e. The molecule has 0 fully saturated rings. The van der Waals surface area contributed by atoms with Crippen molar-refractivity contribution in [2.24, 2.45) is 5.18 Å². The van der Waals surface area contributed by atoms with E-state index in [0.717, 1.165) is 0 Å². The third-order valence-electron chi connectivity index (χ3n) is 1.02. The Morgan fingerprint density at radius 3 is 2.60 bits per heavy atom. The standard InChI is InChI=1S/C5H9NO4/c7-3-5(9)4(8)1-2-6-10/h4,7-8H,1-3H2. The van der Waals surface area contributed by atoms with E-state index in [1.165, 1.54) is 0 Å². The summed E-state index contributed by atoms with van der Waals surface area (Å²) < 4.78 is 0. The van der Waals surface area contributed by atoms with Gasteiger partial charge in [-0.05, 0) is 0 Å². The van der Waals surface area contributed by atoms with Crippen molar-refractivity contribution in [3.63, 3.8) is 0 Å². The van der Waals surface area contributed by atoms with Gasteiger partial charge in [0, 0.05) is 6.42 Å². The molecule has 1 unspecified atom stereocenters. The maximum atomic E-state index is 10.4. The highest BCUT2D eigenvalue weighted by Gasteiger charge is 2.12. The highest BCUT2D eigenvalue weighted by atomic mass is 16.3. The molecule has 1 atom stereocenters. The molecule has 0 amide bonds. The lowest BCUT2D eigenvalue weighted by atomic mass is 10.2. The van der Waals surface area contributed by atoms with E-state index >= 15 is 0 Å². The molecule has 0 aromatic carbocycles. The van der Waals surface area contributed by atoms with E-state index in [2.05, 4.69) is 5.18 Å². The maximum Gasteiger partial charge on any atom is 0.186 e. The molecule has 0 aliphatic rings. The summed E-state index contributed by atoms with van der Waals surface area (Å²) in [5, 5.41) is 19.4. The molecule has 0 aromatic heterocycles. The first kappa shape index (κ1) is 9.19. The average molecular weight is 147 g/mol. The van der Waals surface area contributed by atoms with Crippen LogP contribution in [0.4, 0.5) is 0 Å². The summed E-state index contributed by atoms with van der Waals surface area (Å²) in [5.74, 6) is -0.677. The molecular formula is C5H9NO4. The van der Waals surface area contributed by atoms with Crippen LogP contribution < -0.4 is 0 Å². The monoisotopic (exact) mass is 147 g/mol. The highest BCUT2D eigenvalue weighted by molar-refractivity contribution is 5.83. The van der Waals surface area contributed by atoms with Crippen LogP contribution in [0.2, 0.25) is 0 Å². The van der Waals surface area contributed by atoms with Crippen LogP contribution in [-0.4, -0.2) is 35.3 Å². The second-order valence-corrected chi connectivity index (χ2v) is 1.78. The number of hydrogen-bond donors (Lipinski definition) is 2. The van der Waals surface area contributed by atoms with E-state index in [1.54, 1.807) is 0 Å². The van der Waals surface area contributed by atoms with Crippen LogP contribution in [0.1, 0.15) is 6.42 Å². The molecule has 0 heterocycles. The van der Waals surface area contributed by atoms with E-state index in [-0.39, 0.29) is 13.0 Å². The largest absolute Gasteiger partial charge is 0.388 e. The molecule has 0 radical (unpaired) electrons. The van der Waals surface area contributed by atoms with Crippen LogP contribution >= 0.6 is 0 Å². The Labute approximate surface area is 57.6 Å². The number of hydrogen-bond acceptors (Lipinski definition) is 5. The van der Waals surface area contributed by atoms with Crippen LogP contribution in [0.15, 0.2) is 5.18 Å². The first-order valence-corrected chi connectivity index (χ1v) is 2.83. The quantitative estimate of drug-likeness (QED) is 0.491. The summed E-state index contributed by atoms with van der Waals surface area (Å²) in [6.07, 6.45) is -1.26. The SMILES string of the molecule is O=NCCC(O)C(=O)CO. The number of nitroso groups, excluding NO2 is 1. The Kier molecular flexibility index (Phi) is 4.61. The molecule has 10 heavy (non-hydrogen) atoms. The minimum absolute atomic E-state index is 0.0110. The summed E-state index contributed by atoms with van der Waals surface area (Å²) >= 11 is 0. The lowest BCUT2D eigenvalue weighted by molar-refractivity contribution is -0.130. The summed E-state index contributed by atoms with van der Waals surface area (Å²) in [4.78, 5) is 19.9. The van der Waals surface area contributed by atoms with E-state index < -0.39 is 18.5 Å². The minimum atomic E-state index is -1.25. The van der Waals surface area contributed by atoms with Gasteiger partial charge in [0.15, 0.2) is 5.78 Å². The number of Topliss-reactive ketones (excluding diaryl/α,β-unsaturated/α-hetero) is 1. The number of rotatable bonds is 5. The van der Waals surface area contributed by atoms with E-state index in [9.17, 15) is 9.70 Å². The fourth-order valence-electron chi connectivity index (χ4n) is 0.441. The molecule has 0 spiro atoms. The van der Waals surface area contributed by atoms with Gasteiger partial charge in [-0.3, -0.25) is 4.79 Å². The van der Waals surface area contributed by atoms with Gasteiger partial charge in [0.2, 0.25) is 0 Å². The predicted molar refractivity (Wildman–Crippen MR) is 33.4 cm³/mol. The zero-order valence-electron chi connectivity index (χ0n) is 5.36. The summed E-state index contributed by atoms with van der Waals surface area (Å²) in [7, 11) is 0. The van der Waals surface area contributed by atoms with Gasteiger partial charge in [0.1, 0.15) is 12.7 Å². The maximum absolute atomic E-state index is 10.4. The topological polar surface area (TPSA) is 87.0 Å². The van der Waals surface area contributed by atoms with Crippen molar-refractivity contribution in [1.29, 1.82) is 0 Å². The smallest absolute Gasteiger partial charge is 0.186 e. The summed E-state index contributed by atoms with van der Waals surface area (Å²) in [6, 6.07) is 0. The fourth-order valence-corrected chi connectivity index (χ4v) is 0.441. The zero-order chi connectivity index (χ0) is 7.98. The Bertz CT molecular complexity index is 125. The molecule has 0 aliphatic heterocycles. The first-order chi connectivity index (χ1) is 4.72. The Morgan fingerprint density at radius 1 is 1.60 bits per heavy atom. The molecule has 2 N–H and O–H groups in total. The molecule has 5 heteroatoms. The van der Waals surface area contributed by atoms with Crippen molar-refractivity contribution in [1.82, 2.24) is 0 Å². The number of aliphatic hydroxyl groups is 2. The number of aliphatic hydroxyl groups excluding tert-OH is 2. The zero-order valence-corrected chi connectivity index (χ0v) is 5.36. The summed E-state index contributed by atoms with van der Waals surface area (Å²) in [5.41, 5.74) is 0. The lowest BCUT2D eigenvalue weighted by Crippen LogP contribution is -2.23. The van der Waals surface area contributed by atoms with Gasteiger partial charge >= 0.3 is 0 Å². The van der Waals surface area contributed by atoms with Crippen LogP contribution in [0.3, 0.4) is 0 Å². The molecular weight excluding hydrogens is 138 g/mol. The molecule has 0 bridgehead atoms. The number of ketones is 1. The number of carbonyl (C=O) groups is 1. The highest BCUT2D eigenvalue weighted by Crippen LogP contribution is 1.92. The van der Waals surface area contributed by atoms with E-state index in [4.69, 9.17) is 10.2 Å². The molecule has 0 rings (SSSR count). The molecule has 0 saturated heterocycles. The van der Waals surface area contributed by atoms with Crippen molar-refractivity contribution in [2.75, 3.05) is 13.2 Å². The van der Waals surface area contributed by atoms with Gasteiger partial charge in [-0.2, -0.15) is 4.91 Å². The van der Waals surface area contributed by atoms with Crippen molar-refractivity contribution in [3.05, 3.63) is 4.91 Å².